The summed E-state index contributed by atoms with van der Waals surface area (Å²) in [5.41, 5.74) is 1.38. The summed E-state index contributed by atoms with van der Waals surface area (Å²) in [6.45, 7) is 11.0. The van der Waals surface area contributed by atoms with Gasteiger partial charge in [0.15, 0.2) is 5.13 Å². The molecular weight excluding hydrogens is 362 g/mol. The summed E-state index contributed by atoms with van der Waals surface area (Å²) in [6.07, 6.45) is 3.15. The van der Waals surface area contributed by atoms with Gasteiger partial charge < -0.3 is 15.1 Å². The van der Waals surface area contributed by atoms with Crippen LogP contribution in [0.25, 0.3) is 0 Å². The Labute approximate surface area is 164 Å². The Kier molecular flexibility index (Phi) is 7.87. The molecular formula is C19H27N5O2S. The van der Waals surface area contributed by atoms with Crippen LogP contribution in [0.2, 0.25) is 0 Å². The molecule has 0 atom stereocenters. The normalized spacial score (nSPS) is 10.9. The van der Waals surface area contributed by atoms with Gasteiger partial charge in [-0.3, -0.25) is 14.6 Å². The van der Waals surface area contributed by atoms with Crippen molar-refractivity contribution in [2.24, 2.45) is 0 Å². The second-order valence-corrected chi connectivity index (χ2v) is 7.41. The van der Waals surface area contributed by atoms with Gasteiger partial charge in [0.2, 0.25) is 5.91 Å². The highest BCUT2D eigenvalue weighted by Gasteiger charge is 2.20. The monoisotopic (exact) mass is 389 g/mol. The first-order chi connectivity index (χ1) is 12.9. The molecule has 0 aliphatic carbocycles. The molecule has 0 aromatic carbocycles. The highest BCUT2D eigenvalue weighted by atomic mass is 32.1. The van der Waals surface area contributed by atoms with Crippen molar-refractivity contribution in [1.29, 1.82) is 0 Å². The SMILES string of the molecule is CCN(CC)CCN(CC(=O)Nc1nc(C)c(C)s1)C(=O)c1cccnc1. The third-order valence-electron chi connectivity index (χ3n) is 4.39. The average molecular weight is 390 g/mol. The Morgan fingerprint density at radius 1 is 1.19 bits per heavy atom. The van der Waals surface area contributed by atoms with Crippen LogP contribution in [0.15, 0.2) is 24.5 Å². The second-order valence-electron chi connectivity index (χ2n) is 6.20. The van der Waals surface area contributed by atoms with Crippen LogP contribution in [0.1, 0.15) is 34.8 Å². The van der Waals surface area contributed by atoms with Crippen molar-refractivity contribution in [2.45, 2.75) is 27.7 Å². The summed E-state index contributed by atoms with van der Waals surface area (Å²) >= 11 is 1.44. The van der Waals surface area contributed by atoms with E-state index in [0.29, 0.717) is 23.8 Å². The molecule has 0 aliphatic rings. The highest BCUT2D eigenvalue weighted by molar-refractivity contribution is 7.15. The first-order valence-corrected chi connectivity index (χ1v) is 9.91. The van der Waals surface area contributed by atoms with Gasteiger partial charge in [0, 0.05) is 30.4 Å². The zero-order valence-electron chi connectivity index (χ0n) is 16.4. The molecule has 0 saturated heterocycles. The van der Waals surface area contributed by atoms with E-state index in [1.807, 2.05) is 13.8 Å². The molecule has 0 spiro atoms. The molecule has 2 rings (SSSR count). The molecule has 2 aromatic rings. The van der Waals surface area contributed by atoms with Gasteiger partial charge in [0.05, 0.1) is 11.3 Å². The minimum absolute atomic E-state index is 0.0212. The lowest BCUT2D eigenvalue weighted by atomic mass is 10.2. The van der Waals surface area contributed by atoms with Crippen LogP contribution < -0.4 is 5.32 Å². The Morgan fingerprint density at radius 3 is 2.48 bits per heavy atom. The maximum atomic E-state index is 12.9. The number of aromatic nitrogens is 2. The average Bonchev–Trinajstić information content (AvgIpc) is 2.98. The van der Waals surface area contributed by atoms with Gasteiger partial charge in [0.1, 0.15) is 6.54 Å². The van der Waals surface area contributed by atoms with Gasteiger partial charge in [-0.1, -0.05) is 13.8 Å². The van der Waals surface area contributed by atoms with E-state index < -0.39 is 0 Å². The first kappa shape index (κ1) is 21.0. The molecule has 27 heavy (non-hydrogen) atoms. The number of nitrogens with zero attached hydrogens (tertiary/aromatic N) is 4. The predicted molar refractivity (Wildman–Crippen MR) is 108 cm³/mol. The van der Waals surface area contributed by atoms with Crippen LogP contribution in [0.3, 0.4) is 0 Å². The molecule has 2 heterocycles. The fourth-order valence-corrected chi connectivity index (χ4v) is 3.42. The second kappa shape index (κ2) is 10.1. The maximum absolute atomic E-state index is 12.9. The molecule has 0 fully saturated rings. The summed E-state index contributed by atoms with van der Waals surface area (Å²) in [6, 6.07) is 3.43. The van der Waals surface area contributed by atoms with E-state index in [1.54, 1.807) is 23.2 Å². The van der Waals surface area contributed by atoms with Gasteiger partial charge in [-0.25, -0.2) is 4.98 Å². The fraction of sp³-hybridized carbons (Fsp3) is 0.474. The first-order valence-electron chi connectivity index (χ1n) is 9.10. The third-order valence-corrected chi connectivity index (χ3v) is 5.37. The zero-order valence-corrected chi connectivity index (χ0v) is 17.2. The van der Waals surface area contributed by atoms with Crippen LogP contribution in [0, 0.1) is 13.8 Å². The number of thiazole rings is 1. The van der Waals surface area contributed by atoms with Crippen molar-refractivity contribution < 1.29 is 9.59 Å². The van der Waals surface area contributed by atoms with Crippen molar-refractivity contribution in [2.75, 3.05) is 38.0 Å². The Bertz CT molecular complexity index is 739. The minimum atomic E-state index is -0.250. The van der Waals surface area contributed by atoms with E-state index in [-0.39, 0.29) is 18.4 Å². The smallest absolute Gasteiger partial charge is 0.255 e. The Balaban J connectivity index is 2.08. The van der Waals surface area contributed by atoms with Crippen LogP contribution >= 0.6 is 11.3 Å². The molecule has 0 unspecified atom stereocenters. The lowest BCUT2D eigenvalue weighted by molar-refractivity contribution is -0.116. The number of carbonyl (C=O) groups excluding carboxylic acids is 2. The zero-order chi connectivity index (χ0) is 19.8. The van der Waals surface area contributed by atoms with E-state index in [2.05, 4.69) is 34.0 Å². The van der Waals surface area contributed by atoms with Crippen LogP contribution in [-0.4, -0.2) is 64.3 Å². The quantitative estimate of drug-likeness (QED) is 0.713. The van der Waals surface area contributed by atoms with Crippen molar-refractivity contribution in [3.8, 4) is 0 Å². The molecule has 2 aromatic heterocycles. The standard InChI is InChI=1S/C19H27N5O2S/c1-5-23(6-2)10-11-24(18(26)16-8-7-9-20-12-16)13-17(25)22-19-21-14(3)15(4)27-19/h7-9,12H,5-6,10-11,13H2,1-4H3,(H,21,22,25). The number of rotatable bonds is 9. The number of aryl methyl sites for hydroxylation is 2. The molecule has 8 heteroatoms. The summed E-state index contributed by atoms with van der Waals surface area (Å²) in [7, 11) is 0. The minimum Gasteiger partial charge on any atom is -0.328 e. The maximum Gasteiger partial charge on any atom is 0.255 e. The van der Waals surface area contributed by atoms with Gasteiger partial charge in [-0.05, 0) is 39.1 Å². The summed E-state index contributed by atoms with van der Waals surface area (Å²) in [5.74, 6) is -0.447. The highest BCUT2D eigenvalue weighted by Crippen LogP contribution is 2.21. The summed E-state index contributed by atoms with van der Waals surface area (Å²) in [4.78, 5) is 38.5. The van der Waals surface area contributed by atoms with E-state index >= 15 is 0 Å². The number of pyridine rings is 1. The van der Waals surface area contributed by atoms with E-state index in [4.69, 9.17) is 0 Å². The van der Waals surface area contributed by atoms with Gasteiger partial charge >= 0.3 is 0 Å². The van der Waals surface area contributed by atoms with Gasteiger partial charge in [-0.15, -0.1) is 11.3 Å². The molecule has 0 aliphatic heterocycles. The number of hydrogen-bond acceptors (Lipinski definition) is 6. The number of hydrogen-bond donors (Lipinski definition) is 1. The van der Waals surface area contributed by atoms with Gasteiger partial charge in [-0.2, -0.15) is 0 Å². The largest absolute Gasteiger partial charge is 0.328 e. The van der Waals surface area contributed by atoms with Crippen LogP contribution in [0.5, 0.6) is 0 Å². The lowest BCUT2D eigenvalue weighted by Crippen LogP contribution is -2.42. The number of likely N-dealkylation sites (N-methyl/N-ethyl adjacent to an activating group) is 1. The summed E-state index contributed by atoms with van der Waals surface area (Å²) in [5, 5.41) is 3.36. The van der Waals surface area contributed by atoms with Crippen LogP contribution in [-0.2, 0) is 4.79 Å². The van der Waals surface area contributed by atoms with E-state index in [9.17, 15) is 9.59 Å². The van der Waals surface area contributed by atoms with E-state index in [0.717, 1.165) is 23.7 Å². The molecule has 1 N–H and O–H groups in total. The van der Waals surface area contributed by atoms with Crippen molar-refractivity contribution in [3.63, 3.8) is 0 Å². The number of amides is 2. The number of anilines is 1. The Hall–Kier alpha value is -2.32. The van der Waals surface area contributed by atoms with Crippen molar-refractivity contribution in [1.82, 2.24) is 19.8 Å². The fourth-order valence-electron chi connectivity index (χ4n) is 2.58. The molecule has 0 radical (unpaired) electrons. The Morgan fingerprint density at radius 2 is 1.93 bits per heavy atom. The topological polar surface area (TPSA) is 78.4 Å². The van der Waals surface area contributed by atoms with E-state index in [1.165, 1.54) is 17.5 Å². The number of carbonyl (C=O) groups is 2. The molecule has 0 saturated carbocycles. The molecule has 0 bridgehead atoms. The van der Waals surface area contributed by atoms with Crippen molar-refractivity contribution >= 4 is 28.3 Å². The summed E-state index contributed by atoms with van der Waals surface area (Å²) < 4.78 is 0. The molecule has 2 amide bonds. The lowest BCUT2D eigenvalue weighted by Gasteiger charge is -2.26. The molecule has 146 valence electrons. The third kappa shape index (κ3) is 6.11. The predicted octanol–water partition coefficient (Wildman–Crippen LogP) is 2.58. The van der Waals surface area contributed by atoms with Crippen molar-refractivity contribution in [3.05, 3.63) is 40.7 Å². The molecule has 7 nitrogen and oxygen atoms in total. The number of nitrogens with one attached hydrogen (secondary N) is 1. The van der Waals surface area contributed by atoms with Gasteiger partial charge in [0.25, 0.3) is 5.91 Å². The van der Waals surface area contributed by atoms with Crippen LogP contribution in [0.4, 0.5) is 5.13 Å².